The van der Waals surface area contributed by atoms with Crippen LogP contribution in [0.25, 0.3) is 11.1 Å². The smallest absolute Gasteiger partial charge is 0.215 e. The predicted molar refractivity (Wildman–Crippen MR) is 118 cm³/mol. The molecule has 0 spiro atoms. The summed E-state index contributed by atoms with van der Waals surface area (Å²) in [6, 6.07) is 8.74. The first-order chi connectivity index (χ1) is 15.3. The van der Waals surface area contributed by atoms with Crippen LogP contribution in [-0.2, 0) is 15.5 Å². The van der Waals surface area contributed by atoms with Crippen LogP contribution in [0.3, 0.4) is 0 Å². The molecule has 32 heavy (non-hydrogen) atoms. The normalized spacial score (nSPS) is 15.6. The van der Waals surface area contributed by atoms with Crippen molar-refractivity contribution in [2.45, 2.75) is 18.6 Å². The van der Waals surface area contributed by atoms with Gasteiger partial charge in [-0.2, -0.15) is 4.98 Å². The first-order valence-electron chi connectivity index (χ1n) is 9.97. The lowest BCUT2D eigenvalue weighted by molar-refractivity contribution is 0.261. The van der Waals surface area contributed by atoms with Crippen molar-refractivity contribution < 1.29 is 22.5 Å². The lowest BCUT2D eigenvalue weighted by Gasteiger charge is -2.13. The first kappa shape index (κ1) is 21.9. The van der Waals surface area contributed by atoms with Gasteiger partial charge in [0.2, 0.25) is 5.88 Å². The van der Waals surface area contributed by atoms with E-state index in [2.05, 4.69) is 15.3 Å². The van der Waals surface area contributed by atoms with Gasteiger partial charge in [-0.25, -0.2) is 18.0 Å². The van der Waals surface area contributed by atoms with Gasteiger partial charge in [-0.05, 0) is 42.7 Å². The number of halogens is 2. The lowest BCUT2D eigenvalue weighted by Crippen LogP contribution is -2.06. The Kier molecular flexibility index (Phi) is 6.22. The maximum atomic E-state index is 14.7. The van der Waals surface area contributed by atoms with Crippen LogP contribution < -0.4 is 14.8 Å². The monoisotopic (exact) mass is 460 g/mol. The van der Waals surface area contributed by atoms with Gasteiger partial charge in [0, 0.05) is 39.2 Å². The van der Waals surface area contributed by atoms with Crippen molar-refractivity contribution in [3.63, 3.8) is 0 Å². The summed E-state index contributed by atoms with van der Waals surface area (Å²) in [4.78, 5) is 8.47. The van der Waals surface area contributed by atoms with E-state index >= 15 is 0 Å². The van der Waals surface area contributed by atoms with Gasteiger partial charge < -0.3 is 14.8 Å². The summed E-state index contributed by atoms with van der Waals surface area (Å²) in [6.45, 7) is 0.658. The highest BCUT2D eigenvalue weighted by atomic mass is 32.2. The summed E-state index contributed by atoms with van der Waals surface area (Å²) in [7, 11) is -2.78. The van der Waals surface area contributed by atoms with Gasteiger partial charge in [-0.3, -0.25) is 4.78 Å². The molecule has 168 valence electrons. The zero-order chi connectivity index (χ0) is 22.7. The standard InChI is InChI=1S/C22H22F2N4O3S/c1-32(25,29)13-14-8-21-27-20-11-17(18(24)12-26-20)16-5-4-15(23)10-19(16)30-6-2-3-7-31-22(9-14)28-21/h4-5,8-12,25H,2-3,6-7,13H2,1H3,(H,26,27,28). The van der Waals surface area contributed by atoms with Gasteiger partial charge in [0.15, 0.2) is 0 Å². The summed E-state index contributed by atoms with van der Waals surface area (Å²) >= 11 is 0. The van der Waals surface area contributed by atoms with Crippen LogP contribution in [0, 0.1) is 16.4 Å². The largest absolute Gasteiger partial charge is 0.493 e. The Morgan fingerprint density at radius 1 is 1.06 bits per heavy atom. The predicted octanol–water partition coefficient (Wildman–Crippen LogP) is 4.89. The average molecular weight is 461 g/mol. The molecule has 0 amide bonds. The van der Waals surface area contributed by atoms with Crippen molar-refractivity contribution in [2.24, 2.45) is 0 Å². The molecule has 7 nitrogen and oxygen atoms in total. The Morgan fingerprint density at radius 3 is 2.62 bits per heavy atom. The van der Waals surface area contributed by atoms with Crippen molar-refractivity contribution in [1.82, 2.24) is 9.97 Å². The van der Waals surface area contributed by atoms with Crippen LogP contribution in [0.2, 0.25) is 0 Å². The molecule has 3 heterocycles. The topological polar surface area (TPSA) is 97.2 Å². The maximum Gasteiger partial charge on any atom is 0.215 e. The molecule has 4 bridgehead atoms. The van der Waals surface area contributed by atoms with Gasteiger partial charge in [-0.15, -0.1) is 0 Å². The quantitative estimate of drug-likeness (QED) is 0.565. The molecule has 2 N–H and O–H groups in total. The average Bonchev–Trinajstić information content (AvgIpc) is 2.71. The Hall–Kier alpha value is -3.27. The highest BCUT2D eigenvalue weighted by Gasteiger charge is 2.16. The zero-order valence-corrected chi connectivity index (χ0v) is 18.2. The summed E-state index contributed by atoms with van der Waals surface area (Å²) in [5.41, 5.74) is 1.22. The first-order valence-corrected chi connectivity index (χ1v) is 12.1. The number of hydrogen-bond acceptors (Lipinski definition) is 7. The number of anilines is 2. The second kappa shape index (κ2) is 9.07. The van der Waals surface area contributed by atoms with E-state index in [1.54, 1.807) is 12.1 Å². The molecule has 1 aromatic carbocycles. The van der Waals surface area contributed by atoms with Crippen LogP contribution in [0.5, 0.6) is 11.6 Å². The Balaban J connectivity index is 1.78. The number of benzene rings is 1. The van der Waals surface area contributed by atoms with Crippen molar-refractivity contribution >= 4 is 21.4 Å². The fourth-order valence-corrected chi connectivity index (χ4v) is 4.15. The number of hydrogen-bond donors (Lipinski definition) is 2. The number of nitrogens with zero attached hydrogens (tertiary/aromatic N) is 2. The van der Waals surface area contributed by atoms with Gasteiger partial charge in [0.05, 0.1) is 25.2 Å². The summed E-state index contributed by atoms with van der Waals surface area (Å²) in [5, 5.41) is 3.01. The molecule has 0 aliphatic carbocycles. The molecule has 2 aromatic heterocycles. The number of fused-ring (bicyclic) bond motifs is 6. The van der Waals surface area contributed by atoms with E-state index in [9.17, 15) is 13.0 Å². The Labute approximate surface area is 184 Å². The van der Waals surface area contributed by atoms with E-state index in [0.717, 1.165) is 6.20 Å². The molecule has 1 aliphatic heterocycles. The van der Waals surface area contributed by atoms with Crippen molar-refractivity contribution in [2.75, 3.05) is 24.8 Å². The van der Waals surface area contributed by atoms with Gasteiger partial charge in [0.25, 0.3) is 0 Å². The zero-order valence-electron chi connectivity index (χ0n) is 17.4. The summed E-state index contributed by atoms with van der Waals surface area (Å²) in [6.07, 6.45) is 3.70. The minimum atomic E-state index is -2.78. The van der Waals surface area contributed by atoms with Crippen molar-refractivity contribution in [3.8, 4) is 22.8 Å². The van der Waals surface area contributed by atoms with Crippen LogP contribution in [0.1, 0.15) is 18.4 Å². The summed E-state index contributed by atoms with van der Waals surface area (Å²) < 4.78 is 59.7. The minimum absolute atomic E-state index is 0.0371. The van der Waals surface area contributed by atoms with E-state index in [-0.39, 0.29) is 17.1 Å². The SMILES string of the molecule is CS(=N)(=O)Cc1cc2nc(c1)OCCCCOc1cc(F)ccc1-c1cc(ncc1F)N2. The molecule has 3 aromatic rings. The van der Waals surface area contributed by atoms with E-state index in [1.165, 1.54) is 30.5 Å². The Bertz CT molecular complexity index is 1250. The molecule has 1 atom stereocenters. The van der Waals surface area contributed by atoms with E-state index < -0.39 is 21.4 Å². The third-order valence-electron chi connectivity index (χ3n) is 4.70. The second-order valence-electron chi connectivity index (χ2n) is 7.57. The molecule has 0 saturated heterocycles. The molecular weight excluding hydrogens is 438 g/mol. The van der Waals surface area contributed by atoms with Gasteiger partial charge in [0.1, 0.15) is 29.0 Å². The minimum Gasteiger partial charge on any atom is -0.493 e. The van der Waals surface area contributed by atoms with Crippen LogP contribution >= 0.6 is 0 Å². The number of pyridine rings is 2. The maximum absolute atomic E-state index is 14.7. The third-order valence-corrected chi connectivity index (χ3v) is 5.58. The molecule has 0 radical (unpaired) electrons. The number of rotatable bonds is 2. The van der Waals surface area contributed by atoms with E-state index in [4.69, 9.17) is 14.3 Å². The van der Waals surface area contributed by atoms with Crippen molar-refractivity contribution in [1.29, 1.82) is 4.78 Å². The molecule has 1 aliphatic rings. The molecule has 10 heteroatoms. The van der Waals surface area contributed by atoms with E-state index in [0.29, 0.717) is 54.7 Å². The summed E-state index contributed by atoms with van der Waals surface area (Å²) in [5.74, 6) is 0.189. The van der Waals surface area contributed by atoms with Gasteiger partial charge in [-0.1, -0.05) is 0 Å². The lowest BCUT2D eigenvalue weighted by atomic mass is 10.0. The molecule has 1 unspecified atom stereocenters. The van der Waals surface area contributed by atoms with Gasteiger partial charge >= 0.3 is 0 Å². The Morgan fingerprint density at radius 2 is 1.84 bits per heavy atom. The van der Waals surface area contributed by atoms with E-state index in [1.807, 2.05) is 0 Å². The highest BCUT2D eigenvalue weighted by molar-refractivity contribution is 7.90. The fourth-order valence-electron chi connectivity index (χ4n) is 3.34. The third kappa shape index (κ3) is 5.50. The van der Waals surface area contributed by atoms with Crippen molar-refractivity contribution in [3.05, 3.63) is 59.8 Å². The fraction of sp³-hybridized carbons (Fsp3) is 0.273. The highest BCUT2D eigenvalue weighted by Crippen LogP contribution is 2.34. The number of nitrogens with one attached hydrogen (secondary N) is 2. The molecule has 0 fully saturated rings. The number of ether oxygens (including phenoxy) is 2. The molecular formula is C22H22F2N4O3S. The van der Waals surface area contributed by atoms with Crippen LogP contribution in [-0.4, -0.2) is 33.6 Å². The molecule has 0 saturated carbocycles. The number of aromatic nitrogens is 2. The van der Waals surface area contributed by atoms with Crippen LogP contribution in [0.15, 0.2) is 42.6 Å². The van der Waals surface area contributed by atoms with Crippen LogP contribution in [0.4, 0.5) is 20.4 Å². The molecule has 4 rings (SSSR count). The second-order valence-corrected chi connectivity index (χ2v) is 9.87.